The highest BCUT2D eigenvalue weighted by atomic mass is 16.3. The van der Waals surface area contributed by atoms with Gasteiger partial charge >= 0.3 is 0 Å². The van der Waals surface area contributed by atoms with Gasteiger partial charge < -0.3 is 26.4 Å². The third-order valence-electron chi connectivity index (χ3n) is 11.5. The molecule has 1 saturated heterocycles. The van der Waals surface area contributed by atoms with E-state index in [0.29, 0.717) is 30.5 Å². The molecule has 3 atom stereocenters. The van der Waals surface area contributed by atoms with Crippen LogP contribution < -0.4 is 16.4 Å². The first kappa shape index (κ1) is 38.1. The summed E-state index contributed by atoms with van der Waals surface area (Å²) in [6, 6.07) is 10.6. The Bertz CT molecular complexity index is 1820. The molecule has 4 amide bonds. The monoisotopic (exact) mass is 727 g/mol. The third kappa shape index (κ3) is 8.61. The number of nitrogens with one attached hydrogen (secondary N) is 2. The van der Waals surface area contributed by atoms with Crippen LogP contribution in [0.25, 0.3) is 10.8 Å². The number of carbonyl (C=O) groups is 5. The van der Waals surface area contributed by atoms with Crippen molar-refractivity contribution in [1.29, 1.82) is 0 Å². The van der Waals surface area contributed by atoms with Crippen molar-refractivity contribution >= 4 is 40.2 Å². The summed E-state index contributed by atoms with van der Waals surface area (Å²) in [5.74, 6) is -3.10. The van der Waals surface area contributed by atoms with Crippen LogP contribution in [0.3, 0.4) is 0 Å². The molecule has 0 bridgehead atoms. The summed E-state index contributed by atoms with van der Waals surface area (Å²) in [5.41, 5.74) is 3.61. The lowest BCUT2D eigenvalue weighted by Crippen LogP contribution is -2.62. The number of nitrogens with two attached hydrogens (primary N) is 1. The summed E-state index contributed by atoms with van der Waals surface area (Å²) in [4.78, 5) is 70.7. The largest absolute Gasteiger partial charge is 0.384 e. The van der Waals surface area contributed by atoms with E-state index >= 15 is 0 Å². The van der Waals surface area contributed by atoms with E-state index in [1.165, 1.54) is 11.1 Å². The van der Waals surface area contributed by atoms with E-state index in [9.17, 15) is 29.1 Å². The van der Waals surface area contributed by atoms with Gasteiger partial charge in [0.2, 0.25) is 17.6 Å². The fraction of sp³-hybridized carbons (Fsp3) is 0.575. The van der Waals surface area contributed by atoms with Crippen LogP contribution in [0.1, 0.15) is 126 Å². The van der Waals surface area contributed by atoms with Gasteiger partial charge in [-0.2, -0.15) is 0 Å². The maximum atomic E-state index is 14.9. The Morgan fingerprint density at radius 2 is 1.60 bits per heavy atom. The lowest BCUT2D eigenvalue weighted by Gasteiger charge is -2.36. The van der Waals surface area contributed by atoms with E-state index < -0.39 is 52.8 Å². The van der Waals surface area contributed by atoms with Gasteiger partial charge in [0.05, 0.1) is 17.9 Å². The molecule has 13 heteroatoms. The standard InChI is InChI=1S/C40H53N7O6/c1-39(2,53)33-24-42-45-47(33)30-23-32(37(51)44-40(34(48)35(41)49)19-11-4-3-5-12-20-40)46(25-30)38(52)31(21-26-13-7-6-8-14-26)43-36(50)29-18-17-27-15-9-10-16-28(27)22-29/h9-10,15-18,22,24,26,30-32,53H,3-8,11-14,19-21,23,25H2,1-2H3,(H2,41,49)(H,43,50)(H,44,51)/t30-,31+,32-/m0/s1. The quantitative estimate of drug-likeness (QED) is 0.211. The highest BCUT2D eigenvalue weighted by Gasteiger charge is 2.48. The first-order chi connectivity index (χ1) is 25.4. The van der Waals surface area contributed by atoms with Gasteiger partial charge in [0, 0.05) is 18.5 Å². The molecule has 13 nitrogen and oxygen atoms in total. The van der Waals surface area contributed by atoms with E-state index in [0.717, 1.165) is 62.1 Å². The number of aliphatic hydroxyl groups is 1. The molecule has 0 spiro atoms. The molecule has 1 aromatic heterocycles. The Labute approximate surface area is 310 Å². The van der Waals surface area contributed by atoms with Gasteiger partial charge in [-0.25, -0.2) is 4.68 Å². The predicted molar refractivity (Wildman–Crippen MR) is 198 cm³/mol. The molecule has 1 aliphatic heterocycles. The number of hydrogen-bond acceptors (Lipinski definition) is 8. The van der Waals surface area contributed by atoms with E-state index in [1.807, 2.05) is 36.4 Å². The minimum absolute atomic E-state index is 0.0487. The summed E-state index contributed by atoms with van der Waals surface area (Å²) in [6.45, 7) is 3.27. The van der Waals surface area contributed by atoms with E-state index in [-0.39, 0.29) is 37.6 Å². The molecule has 53 heavy (non-hydrogen) atoms. The van der Waals surface area contributed by atoms with Crippen LogP contribution >= 0.6 is 0 Å². The topological polar surface area (TPSA) is 190 Å². The maximum absolute atomic E-state index is 14.9. The molecular weight excluding hydrogens is 674 g/mol. The van der Waals surface area contributed by atoms with Gasteiger partial charge in [-0.05, 0) is 61.9 Å². The zero-order valence-corrected chi connectivity index (χ0v) is 30.9. The van der Waals surface area contributed by atoms with E-state index in [4.69, 9.17) is 5.73 Å². The lowest BCUT2D eigenvalue weighted by molar-refractivity contribution is -0.145. The van der Waals surface area contributed by atoms with Gasteiger partial charge in [-0.1, -0.05) is 99.8 Å². The average molecular weight is 728 g/mol. The Kier molecular flexibility index (Phi) is 11.6. The summed E-state index contributed by atoms with van der Waals surface area (Å²) >= 11 is 0. The third-order valence-corrected chi connectivity index (χ3v) is 11.5. The minimum Gasteiger partial charge on any atom is -0.384 e. The van der Waals surface area contributed by atoms with E-state index in [2.05, 4.69) is 20.9 Å². The lowest BCUT2D eigenvalue weighted by atomic mass is 9.80. The van der Waals surface area contributed by atoms with Gasteiger partial charge in [0.25, 0.3) is 11.8 Å². The molecule has 0 unspecified atom stereocenters. The number of primary amides is 1. The van der Waals surface area contributed by atoms with Crippen LogP contribution in [-0.2, 0) is 24.8 Å². The van der Waals surface area contributed by atoms with Crippen molar-refractivity contribution in [3.8, 4) is 0 Å². The predicted octanol–water partition coefficient (Wildman–Crippen LogP) is 4.22. The van der Waals surface area contributed by atoms with Gasteiger partial charge in [-0.3, -0.25) is 24.0 Å². The van der Waals surface area contributed by atoms with Crippen molar-refractivity contribution in [1.82, 2.24) is 30.5 Å². The normalized spacial score (nSPS) is 21.7. The van der Waals surface area contributed by atoms with Crippen molar-refractivity contribution in [2.45, 2.75) is 133 Å². The molecule has 2 aliphatic carbocycles. The molecule has 2 aromatic carbocycles. The Hall–Kier alpha value is -4.65. The van der Waals surface area contributed by atoms with Crippen molar-refractivity contribution in [3.63, 3.8) is 0 Å². The van der Waals surface area contributed by atoms with Crippen LogP contribution in [0.5, 0.6) is 0 Å². The second-order valence-electron chi connectivity index (χ2n) is 15.9. The molecular formula is C40H53N7O6. The van der Waals surface area contributed by atoms with Crippen LogP contribution in [-0.4, -0.2) is 78.6 Å². The fourth-order valence-electron chi connectivity index (χ4n) is 8.66. The number of likely N-dealkylation sites (tertiary alicyclic amines) is 1. The smallest absolute Gasteiger partial charge is 0.287 e. The molecule has 3 fully saturated rings. The minimum atomic E-state index is -1.48. The number of amides is 4. The average Bonchev–Trinajstić information content (AvgIpc) is 3.81. The molecule has 6 rings (SSSR count). The zero-order valence-electron chi connectivity index (χ0n) is 30.9. The fourth-order valence-corrected chi connectivity index (χ4v) is 8.66. The number of carbonyl (C=O) groups excluding carboxylic acids is 5. The molecule has 2 heterocycles. The van der Waals surface area contributed by atoms with Crippen LogP contribution in [0, 0.1) is 5.92 Å². The Morgan fingerprint density at radius 1 is 0.943 bits per heavy atom. The van der Waals surface area contributed by atoms with Gasteiger partial charge in [-0.15, -0.1) is 5.10 Å². The summed E-state index contributed by atoms with van der Waals surface area (Å²) in [5, 5.41) is 27.1. The van der Waals surface area contributed by atoms with E-state index in [1.54, 1.807) is 24.6 Å². The van der Waals surface area contributed by atoms with Crippen LogP contribution in [0.4, 0.5) is 0 Å². The second-order valence-corrected chi connectivity index (χ2v) is 15.9. The highest BCUT2D eigenvalue weighted by Crippen LogP contribution is 2.35. The maximum Gasteiger partial charge on any atom is 0.287 e. The second kappa shape index (κ2) is 16.2. The number of rotatable bonds is 11. The number of fused-ring (bicyclic) bond motifs is 1. The number of Topliss-reactive ketones (excluding diaryl/α,β-unsaturated/α-hetero) is 1. The molecule has 3 aromatic rings. The number of hydrogen-bond donors (Lipinski definition) is 4. The molecule has 2 saturated carbocycles. The van der Waals surface area contributed by atoms with Gasteiger partial charge in [0.15, 0.2) is 0 Å². The Balaban J connectivity index is 1.34. The highest BCUT2D eigenvalue weighted by molar-refractivity contribution is 6.39. The SMILES string of the molecule is CC(C)(O)c1cnnn1[C@H]1C[C@@H](C(=O)NC2(C(=O)C(N)=O)CCCCCCC2)N(C(=O)[C@@H](CC2CCCCC2)NC(=O)c2ccc3ccccc3c2)C1. The number of benzene rings is 2. The van der Waals surface area contributed by atoms with Crippen LogP contribution in [0.15, 0.2) is 48.7 Å². The Morgan fingerprint density at radius 3 is 2.28 bits per heavy atom. The summed E-state index contributed by atoms with van der Waals surface area (Å²) in [7, 11) is 0. The van der Waals surface area contributed by atoms with Crippen molar-refractivity contribution in [3.05, 3.63) is 59.9 Å². The number of aromatic nitrogens is 3. The van der Waals surface area contributed by atoms with Gasteiger partial charge in [0.1, 0.15) is 23.2 Å². The molecule has 5 N–H and O–H groups in total. The molecule has 0 radical (unpaired) electrons. The number of ketones is 1. The first-order valence-corrected chi connectivity index (χ1v) is 19.3. The van der Waals surface area contributed by atoms with Crippen molar-refractivity contribution in [2.75, 3.05) is 6.54 Å². The molecule has 3 aliphatic rings. The van der Waals surface area contributed by atoms with Crippen molar-refractivity contribution in [2.24, 2.45) is 11.7 Å². The summed E-state index contributed by atoms with van der Waals surface area (Å²) < 4.78 is 1.55. The zero-order chi connectivity index (χ0) is 37.8. The van der Waals surface area contributed by atoms with Crippen molar-refractivity contribution < 1.29 is 29.1 Å². The molecule has 284 valence electrons. The first-order valence-electron chi connectivity index (χ1n) is 19.3. The number of nitrogens with zero attached hydrogens (tertiary/aromatic N) is 4. The summed E-state index contributed by atoms with van der Waals surface area (Å²) in [6.07, 6.45) is 11.6. The van der Waals surface area contributed by atoms with Crippen LogP contribution in [0.2, 0.25) is 0 Å².